The minimum atomic E-state index is -3.78. The fourth-order valence-electron chi connectivity index (χ4n) is 1.19. The Kier molecular flexibility index (Phi) is 4.48. The van der Waals surface area contributed by atoms with Gasteiger partial charge in [0.2, 0.25) is 5.09 Å². The summed E-state index contributed by atoms with van der Waals surface area (Å²) in [6.45, 7) is 2.32. The van der Waals surface area contributed by atoms with Crippen LogP contribution in [0.25, 0.3) is 0 Å². The molecule has 4 N–H and O–H groups in total. The molecule has 0 radical (unpaired) electrons. The fourth-order valence-corrected chi connectivity index (χ4v) is 1.67. The quantitative estimate of drug-likeness (QED) is 0.646. The molecule has 0 bridgehead atoms. The van der Waals surface area contributed by atoms with Crippen LogP contribution in [0.2, 0.25) is 0 Å². The standard InChI is InChI=1S/C9H16N2O4S/c1-2-7(6-12)11-5-8-3-4-9(15-8)16(10,13)14/h3-4,7,11-12H,2,5-6H2,1H3,(H2,10,13,14)/t7-/m0/s1. The third-order valence-corrected chi connectivity index (χ3v) is 2.98. The Hall–Kier alpha value is -0.890. The number of aliphatic hydroxyl groups is 1. The van der Waals surface area contributed by atoms with Crippen molar-refractivity contribution in [1.29, 1.82) is 0 Å². The lowest BCUT2D eigenvalue weighted by atomic mass is 10.2. The number of rotatable bonds is 6. The molecule has 0 aliphatic heterocycles. The van der Waals surface area contributed by atoms with Crippen LogP contribution in [-0.2, 0) is 16.6 Å². The van der Waals surface area contributed by atoms with Gasteiger partial charge in [-0.15, -0.1) is 0 Å². The van der Waals surface area contributed by atoms with Crippen LogP contribution >= 0.6 is 0 Å². The highest BCUT2D eigenvalue weighted by atomic mass is 32.2. The number of hydrogen-bond acceptors (Lipinski definition) is 5. The summed E-state index contributed by atoms with van der Waals surface area (Å²) in [5.74, 6) is 0.468. The van der Waals surface area contributed by atoms with E-state index in [-0.39, 0.29) is 17.7 Å². The molecule has 1 atom stereocenters. The van der Waals surface area contributed by atoms with Crippen LogP contribution in [0.4, 0.5) is 0 Å². The zero-order valence-corrected chi connectivity index (χ0v) is 9.83. The van der Waals surface area contributed by atoms with Gasteiger partial charge in [-0.3, -0.25) is 0 Å². The normalized spacial score (nSPS) is 13.9. The molecule has 1 aromatic rings. The van der Waals surface area contributed by atoms with E-state index in [2.05, 4.69) is 5.32 Å². The van der Waals surface area contributed by atoms with Gasteiger partial charge < -0.3 is 14.8 Å². The van der Waals surface area contributed by atoms with Crippen molar-refractivity contribution in [2.45, 2.75) is 31.0 Å². The summed E-state index contributed by atoms with van der Waals surface area (Å²) in [4.78, 5) is 0. The van der Waals surface area contributed by atoms with Crippen molar-refractivity contribution in [3.63, 3.8) is 0 Å². The molecule has 0 spiro atoms. The molecule has 0 aromatic carbocycles. The van der Waals surface area contributed by atoms with Gasteiger partial charge in [0.05, 0.1) is 13.2 Å². The number of hydrogen-bond donors (Lipinski definition) is 3. The molecule has 1 rings (SSSR count). The van der Waals surface area contributed by atoms with Gasteiger partial charge in [-0.2, -0.15) is 0 Å². The third kappa shape index (κ3) is 3.60. The fraction of sp³-hybridized carbons (Fsp3) is 0.556. The molecule has 16 heavy (non-hydrogen) atoms. The lowest BCUT2D eigenvalue weighted by Crippen LogP contribution is -2.30. The zero-order chi connectivity index (χ0) is 12.2. The minimum Gasteiger partial charge on any atom is -0.447 e. The van der Waals surface area contributed by atoms with Gasteiger partial charge in [-0.25, -0.2) is 13.6 Å². The van der Waals surface area contributed by atoms with Crippen molar-refractivity contribution < 1.29 is 17.9 Å². The maximum atomic E-state index is 10.9. The summed E-state index contributed by atoms with van der Waals surface area (Å²) in [5.41, 5.74) is 0. The van der Waals surface area contributed by atoms with Crippen LogP contribution in [-0.4, -0.2) is 26.2 Å². The van der Waals surface area contributed by atoms with Crippen molar-refractivity contribution in [1.82, 2.24) is 5.32 Å². The van der Waals surface area contributed by atoms with Crippen LogP contribution in [0.5, 0.6) is 0 Å². The van der Waals surface area contributed by atoms with E-state index < -0.39 is 10.0 Å². The van der Waals surface area contributed by atoms with Crippen LogP contribution in [0, 0.1) is 0 Å². The van der Waals surface area contributed by atoms with E-state index >= 15 is 0 Å². The van der Waals surface area contributed by atoms with E-state index in [4.69, 9.17) is 14.7 Å². The van der Waals surface area contributed by atoms with Gasteiger partial charge in [0.15, 0.2) is 0 Å². The van der Waals surface area contributed by atoms with Crippen molar-refractivity contribution in [3.8, 4) is 0 Å². The first-order chi connectivity index (χ1) is 7.47. The molecule has 0 aliphatic carbocycles. The maximum absolute atomic E-state index is 10.9. The Labute approximate surface area is 94.5 Å². The smallest absolute Gasteiger partial charge is 0.271 e. The van der Waals surface area contributed by atoms with Crippen molar-refractivity contribution in [2.24, 2.45) is 5.14 Å². The molecule has 0 amide bonds. The average Bonchev–Trinajstić information content (AvgIpc) is 2.67. The first-order valence-electron chi connectivity index (χ1n) is 4.93. The summed E-state index contributed by atoms with van der Waals surface area (Å²) in [7, 11) is -3.78. The highest BCUT2D eigenvalue weighted by Crippen LogP contribution is 2.12. The van der Waals surface area contributed by atoms with Crippen LogP contribution < -0.4 is 10.5 Å². The second-order valence-electron chi connectivity index (χ2n) is 3.43. The molecule has 1 heterocycles. The number of nitrogens with one attached hydrogen (secondary N) is 1. The summed E-state index contributed by atoms with van der Waals surface area (Å²) in [5, 5.41) is 16.6. The van der Waals surface area contributed by atoms with Gasteiger partial charge in [0, 0.05) is 6.04 Å². The van der Waals surface area contributed by atoms with Crippen molar-refractivity contribution in [2.75, 3.05) is 6.61 Å². The van der Waals surface area contributed by atoms with Gasteiger partial charge in [0.1, 0.15) is 5.76 Å². The van der Waals surface area contributed by atoms with E-state index in [1.165, 1.54) is 12.1 Å². The van der Waals surface area contributed by atoms with Crippen molar-refractivity contribution >= 4 is 10.0 Å². The van der Waals surface area contributed by atoms with Gasteiger partial charge in [-0.05, 0) is 18.6 Å². The molecule has 0 fully saturated rings. The largest absolute Gasteiger partial charge is 0.447 e. The molecule has 0 saturated carbocycles. The molecule has 7 heteroatoms. The van der Waals surface area contributed by atoms with Crippen molar-refractivity contribution in [3.05, 3.63) is 17.9 Å². The van der Waals surface area contributed by atoms with E-state index in [0.717, 1.165) is 6.42 Å². The second kappa shape index (κ2) is 5.44. The molecular weight excluding hydrogens is 232 g/mol. The molecule has 0 saturated heterocycles. The van der Waals surface area contributed by atoms with E-state index in [1.54, 1.807) is 0 Å². The Balaban J connectivity index is 2.60. The summed E-state index contributed by atoms with van der Waals surface area (Å²) < 4.78 is 26.9. The summed E-state index contributed by atoms with van der Waals surface area (Å²) >= 11 is 0. The SMILES string of the molecule is CC[C@@H](CO)NCc1ccc(S(N)(=O)=O)o1. The lowest BCUT2D eigenvalue weighted by molar-refractivity contribution is 0.234. The van der Waals surface area contributed by atoms with Gasteiger partial charge >= 0.3 is 0 Å². The van der Waals surface area contributed by atoms with E-state index in [1.807, 2.05) is 6.92 Å². The van der Waals surface area contributed by atoms with Gasteiger partial charge in [0.25, 0.3) is 10.0 Å². The predicted octanol–water partition coefficient (Wildman–Crippen LogP) is -0.212. The Morgan fingerprint density at radius 2 is 2.25 bits per heavy atom. The number of furan rings is 1. The van der Waals surface area contributed by atoms with E-state index in [9.17, 15) is 8.42 Å². The molecule has 6 nitrogen and oxygen atoms in total. The topological polar surface area (TPSA) is 106 Å². The average molecular weight is 248 g/mol. The van der Waals surface area contributed by atoms with Crippen LogP contribution in [0.1, 0.15) is 19.1 Å². The second-order valence-corrected chi connectivity index (χ2v) is 4.93. The number of sulfonamides is 1. The molecule has 1 aromatic heterocycles. The highest BCUT2D eigenvalue weighted by molar-refractivity contribution is 7.89. The highest BCUT2D eigenvalue weighted by Gasteiger charge is 2.13. The Morgan fingerprint density at radius 1 is 1.56 bits per heavy atom. The predicted molar refractivity (Wildman–Crippen MR) is 58.1 cm³/mol. The monoisotopic (exact) mass is 248 g/mol. The van der Waals surface area contributed by atoms with Crippen LogP contribution in [0.3, 0.4) is 0 Å². The Bertz CT molecular complexity index is 422. The number of aliphatic hydroxyl groups excluding tert-OH is 1. The van der Waals surface area contributed by atoms with Crippen LogP contribution in [0.15, 0.2) is 21.6 Å². The Morgan fingerprint density at radius 3 is 2.69 bits per heavy atom. The molecular formula is C9H16N2O4S. The number of primary sulfonamides is 1. The van der Waals surface area contributed by atoms with E-state index in [0.29, 0.717) is 12.3 Å². The zero-order valence-electron chi connectivity index (χ0n) is 9.01. The summed E-state index contributed by atoms with van der Waals surface area (Å²) in [6.07, 6.45) is 0.777. The lowest BCUT2D eigenvalue weighted by Gasteiger charge is -2.12. The summed E-state index contributed by atoms with van der Waals surface area (Å²) in [6, 6.07) is 2.83. The van der Waals surface area contributed by atoms with Gasteiger partial charge in [-0.1, -0.05) is 6.92 Å². The molecule has 92 valence electrons. The minimum absolute atomic E-state index is 0.0250. The molecule has 0 aliphatic rings. The number of nitrogens with two attached hydrogens (primary N) is 1. The maximum Gasteiger partial charge on any atom is 0.271 e. The first-order valence-corrected chi connectivity index (χ1v) is 6.47. The molecule has 0 unspecified atom stereocenters. The first kappa shape index (κ1) is 13.2. The third-order valence-electron chi connectivity index (χ3n) is 2.20.